The van der Waals surface area contributed by atoms with Crippen LogP contribution in [0.1, 0.15) is 124 Å². The van der Waals surface area contributed by atoms with E-state index in [-0.39, 0.29) is 12.4 Å². The molecule has 4 nitrogen and oxygen atoms in total. The van der Waals surface area contributed by atoms with Crippen LogP contribution in [0.2, 0.25) is 0 Å². The van der Waals surface area contributed by atoms with Crippen LogP contribution >= 0.6 is 0 Å². The molecule has 0 saturated carbocycles. The maximum absolute atomic E-state index is 11.6. The van der Waals surface area contributed by atoms with Crippen LogP contribution in [0.3, 0.4) is 0 Å². The van der Waals surface area contributed by atoms with Gasteiger partial charge in [0.15, 0.2) is 6.29 Å². The molecule has 0 rings (SSSR count). The molecule has 0 heterocycles. The second-order valence-corrected chi connectivity index (χ2v) is 8.26. The summed E-state index contributed by atoms with van der Waals surface area (Å²) in [4.78, 5) is 11.6. The molecular weight excluding hydrogens is 352 g/mol. The number of carbonyl (C=O) groups is 1. The SMILES string of the molecule is CCCCCCCCCCCCCCC(C(=O)O)C(C)OC(C)OCCCC. The molecule has 0 aliphatic heterocycles. The Hall–Kier alpha value is -0.610. The minimum atomic E-state index is -0.753. The smallest absolute Gasteiger partial charge is 0.309 e. The van der Waals surface area contributed by atoms with Gasteiger partial charge in [-0.3, -0.25) is 4.79 Å². The van der Waals surface area contributed by atoms with Crippen LogP contribution in [0.25, 0.3) is 0 Å². The molecule has 0 amide bonds. The molecule has 1 N–H and O–H groups in total. The molecule has 168 valence electrons. The second kappa shape index (κ2) is 19.7. The van der Waals surface area contributed by atoms with Gasteiger partial charge in [-0.2, -0.15) is 0 Å². The first-order valence-electron chi connectivity index (χ1n) is 12.0. The first-order valence-corrected chi connectivity index (χ1v) is 12.0. The third-order valence-electron chi connectivity index (χ3n) is 5.51. The molecule has 0 spiro atoms. The van der Waals surface area contributed by atoms with E-state index in [4.69, 9.17) is 9.47 Å². The maximum atomic E-state index is 11.6. The molecule has 4 heteroatoms. The summed E-state index contributed by atoms with van der Waals surface area (Å²) in [5, 5.41) is 9.53. The number of carboxylic acid groups (broad SMARTS) is 1. The quantitative estimate of drug-likeness (QED) is 0.162. The summed E-state index contributed by atoms with van der Waals surface area (Å²) in [6.45, 7) is 8.76. The van der Waals surface area contributed by atoms with Gasteiger partial charge in [0.25, 0.3) is 0 Å². The lowest BCUT2D eigenvalue weighted by Gasteiger charge is -2.24. The first kappa shape index (κ1) is 27.4. The van der Waals surface area contributed by atoms with Gasteiger partial charge >= 0.3 is 5.97 Å². The van der Waals surface area contributed by atoms with Gasteiger partial charge in [0.05, 0.1) is 12.0 Å². The molecule has 0 aromatic heterocycles. The lowest BCUT2D eigenvalue weighted by molar-refractivity contribution is -0.178. The van der Waals surface area contributed by atoms with E-state index in [1.54, 1.807) is 0 Å². The molecule has 0 aromatic rings. The van der Waals surface area contributed by atoms with Crippen LogP contribution < -0.4 is 0 Å². The van der Waals surface area contributed by atoms with Gasteiger partial charge in [0.2, 0.25) is 0 Å². The number of aliphatic carboxylic acids is 1. The van der Waals surface area contributed by atoms with Crippen molar-refractivity contribution in [2.45, 2.75) is 136 Å². The number of hydrogen-bond acceptors (Lipinski definition) is 3. The topological polar surface area (TPSA) is 55.8 Å². The minimum absolute atomic E-state index is 0.318. The predicted molar refractivity (Wildman–Crippen MR) is 118 cm³/mol. The fraction of sp³-hybridized carbons (Fsp3) is 0.958. The number of unbranched alkanes of at least 4 members (excludes halogenated alkanes) is 12. The Morgan fingerprint density at radius 2 is 1.21 bits per heavy atom. The second-order valence-electron chi connectivity index (χ2n) is 8.26. The van der Waals surface area contributed by atoms with E-state index in [1.807, 2.05) is 13.8 Å². The molecule has 0 aromatic carbocycles. The highest BCUT2D eigenvalue weighted by Gasteiger charge is 2.26. The Bertz CT molecular complexity index is 345. The number of ether oxygens (including phenoxy) is 2. The Morgan fingerprint density at radius 3 is 1.68 bits per heavy atom. The third-order valence-corrected chi connectivity index (χ3v) is 5.51. The standard InChI is InChI=1S/C24H48O4/c1-5-7-9-10-11-12-13-14-15-16-17-18-19-23(24(25)26)21(3)28-22(4)27-20-8-6-2/h21-23H,5-20H2,1-4H3,(H,25,26). The molecule has 0 saturated heterocycles. The van der Waals surface area contributed by atoms with E-state index in [2.05, 4.69) is 13.8 Å². The largest absolute Gasteiger partial charge is 0.481 e. The van der Waals surface area contributed by atoms with E-state index in [0.717, 1.165) is 25.7 Å². The highest BCUT2D eigenvalue weighted by Crippen LogP contribution is 2.20. The number of carboxylic acids is 1. The average Bonchev–Trinajstić information content (AvgIpc) is 2.65. The lowest BCUT2D eigenvalue weighted by Crippen LogP contribution is -2.32. The molecule has 3 unspecified atom stereocenters. The van der Waals surface area contributed by atoms with Crippen molar-refractivity contribution in [3.05, 3.63) is 0 Å². The van der Waals surface area contributed by atoms with Gasteiger partial charge in [-0.1, -0.05) is 97.3 Å². The Labute approximate surface area is 174 Å². The highest BCUT2D eigenvalue weighted by molar-refractivity contribution is 5.70. The molecule has 0 aliphatic rings. The molecule has 0 radical (unpaired) electrons. The van der Waals surface area contributed by atoms with Crippen LogP contribution in [0.15, 0.2) is 0 Å². The summed E-state index contributed by atoms with van der Waals surface area (Å²) >= 11 is 0. The van der Waals surface area contributed by atoms with Crippen molar-refractivity contribution in [3.63, 3.8) is 0 Å². The summed E-state index contributed by atoms with van der Waals surface area (Å²) < 4.78 is 11.4. The van der Waals surface area contributed by atoms with E-state index in [1.165, 1.54) is 64.2 Å². The first-order chi connectivity index (χ1) is 13.5. The van der Waals surface area contributed by atoms with E-state index in [0.29, 0.717) is 13.0 Å². The van der Waals surface area contributed by atoms with Crippen LogP contribution in [-0.2, 0) is 14.3 Å². The normalized spacial score (nSPS) is 14.7. The fourth-order valence-corrected chi connectivity index (χ4v) is 3.59. The lowest BCUT2D eigenvalue weighted by atomic mass is 9.95. The van der Waals surface area contributed by atoms with Crippen molar-refractivity contribution in [2.24, 2.45) is 5.92 Å². The van der Waals surface area contributed by atoms with Crippen molar-refractivity contribution in [3.8, 4) is 0 Å². The van der Waals surface area contributed by atoms with E-state index in [9.17, 15) is 9.90 Å². The molecule has 28 heavy (non-hydrogen) atoms. The van der Waals surface area contributed by atoms with Crippen LogP contribution in [0.5, 0.6) is 0 Å². The van der Waals surface area contributed by atoms with Crippen LogP contribution in [0.4, 0.5) is 0 Å². The zero-order valence-corrected chi connectivity index (χ0v) is 19.2. The molecule has 0 bridgehead atoms. The van der Waals surface area contributed by atoms with Gasteiger partial charge < -0.3 is 14.6 Å². The summed E-state index contributed by atoms with van der Waals surface area (Å²) in [6.07, 6.45) is 17.6. The van der Waals surface area contributed by atoms with E-state index < -0.39 is 11.9 Å². The third kappa shape index (κ3) is 16.4. The summed E-state index contributed by atoms with van der Waals surface area (Å²) in [7, 11) is 0. The molecule has 0 fully saturated rings. The van der Waals surface area contributed by atoms with Gasteiger partial charge in [0.1, 0.15) is 0 Å². The minimum Gasteiger partial charge on any atom is -0.481 e. The van der Waals surface area contributed by atoms with Gasteiger partial charge in [0, 0.05) is 6.61 Å². The number of hydrogen-bond donors (Lipinski definition) is 1. The maximum Gasteiger partial charge on any atom is 0.309 e. The van der Waals surface area contributed by atoms with Crippen molar-refractivity contribution in [2.75, 3.05) is 6.61 Å². The molecule has 0 aliphatic carbocycles. The zero-order chi connectivity index (χ0) is 21.0. The predicted octanol–water partition coefficient (Wildman–Crippen LogP) is 7.35. The van der Waals surface area contributed by atoms with Crippen LogP contribution in [-0.4, -0.2) is 30.1 Å². The van der Waals surface area contributed by atoms with Crippen LogP contribution in [0, 0.1) is 5.92 Å². The van der Waals surface area contributed by atoms with Crippen molar-refractivity contribution in [1.82, 2.24) is 0 Å². The van der Waals surface area contributed by atoms with Gasteiger partial charge in [-0.05, 0) is 26.7 Å². The Kier molecular flexibility index (Phi) is 19.3. The summed E-state index contributed by atoms with van der Waals surface area (Å²) in [6, 6.07) is 0. The van der Waals surface area contributed by atoms with Crippen molar-refractivity contribution < 1.29 is 19.4 Å². The van der Waals surface area contributed by atoms with Crippen molar-refractivity contribution >= 4 is 5.97 Å². The highest BCUT2D eigenvalue weighted by atomic mass is 16.7. The number of rotatable bonds is 21. The van der Waals surface area contributed by atoms with E-state index >= 15 is 0 Å². The van der Waals surface area contributed by atoms with Gasteiger partial charge in [-0.15, -0.1) is 0 Å². The molecule has 3 atom stereocenters. The Balaban J connectivity index is 3.74. The van der Waals surface area contributed by atoms with Gasteiger partial charge in [-0.25, -0.2) is 0 Å². The summed E-state index contributed by atoms with van der Waals surface area (Å²) in [5.74, 6) is -1.20. The average molecular weight is 401 g/mol. The van der Waals surface area contributed by atoms with Crippen molar-refractivity contribution in [1.29, 1.82) is 0 Å². The summed E-state index contributed by atoms with van der Waals surface area (Å²) in [5.41, 5.74) is 0. The zero-order valence-electron chi connectivity index (χ0n) is 19.2. The molecular formula is C24H48O4. The fourth-order valence-electron chi connectivity index (χ4n) is 3.59. The Morgan fingerprint density at radius 1 is 0.750 bits per heavy atom. The monoisotopic (exact) mass is 400 g/mol.